The Balaban J connectivity index is 2.34. The highest BCUT2D eigenvalue weighted by Crippen LogP contribution is 2.32. The third-order valence-electron chi connectivity index (χ3n) is 3.24. The molecule has 0 aliphatic carbocycles. The van der Waals surface area contributed by atoms with Gasteiger partial charge < -0.3 is 10.4 Å². The molecule has 0 fully saturated rings. The van der Waals surface area contributed by atoms with Crippen LogP contribution >= 0.6 is 11.3 Å². The minimum absolute atomic E-state index is 0.0328. The van der Waals surface area contributed by atoms with Gasteiger partial charge in [-0.3, -0.25) is 14.9 Å². The summed E-state index contributed by atoms with van der Waals surface area (Å²) in [7, 11) is 0. The molecule has 116 valence electrons. The van der Waals surface area contributed by atoms with Crippen molar-refractivity contribution in [1.29, 1.82) is 0 Å². The molecule has 0 unspecified atom stereocenters. The fraction of sp³-hybridized carbons (Fsp3) is 0.267. The van der Waals surface area contributed by atoms with Gasteiger partial charge in [-0.1, -0.05) is 6.07 Å². The lowest BCUT2D eigenvalue weighted by Crippen LogP contribution is -2.12. The van der Waals surface area contributed by atoms with Gasteiger partial charge in [-0.15, -0.1) is 11.3 Å². The van der Waals surface area contributed by atoms with Crippen LogP contribution in [-0.4, -0.2) is 22.4 Å². The summed E-state index contributed by atoms with van der Waals surface area (Å²) in [6.07, 6.45) is 0.437. The number of Topliss-reactive ketones (excluding diaryl/α,β-unsaturated/α-hetero) is 1. The molecule has 0 radical (unpaired) electrons. The molecule has 2 aromatic rings. The van der Waals surface area contributed by atoms with Gasteiger partial charge in [0, 0.05) is 23.1 Å². The maximum Gasteiger partial charge on any atom is 0.293 e. The van der Waals surface area contributed by atoms with Gasteiger partial charge in [0.25, 0.3) is 5.69 Å². The first kappa shape index (κ1) is 16.1. The lowest BCUT2D eigenvalue weighted by Gasteiger charge is -2.18. The van der Waals surface area contributed by atoms with Crippen molar-refractivity contribution < 1.29 is 14.8 Å². The summed E-state index contributed by atoms with van der Waals surface area (Å²) in [4.78, 5) is 23.1. The summed E-state index contributed by atoms with van der Waals surface area (Å²) < 4.78 is 0. The average Bonchev–Trinajstić information content (AvgIpc) is 3.00. The molecule has 22 heavy (non-hydrogen) atoms. The summed E-state index contributed by atoms with van der Waals surface area (Å²) in [5.74, 6) is -0.222. The fourth-order valence-corrected chi connectivity index (χ4v) is 2.93. The number of nitro groups is 1. The van der Waals surface area contributed by atoms with Gasteiger partial charge in [-0.25, -0.2) is 0 Å². The molecule has 0 amide bonds. The lowest BCUT2D eigenvalue weighted by atomic mass is 10.1. The standard InChI is InChI=1S/C15H16N2O4S/c1-10(19)11-4-5-12(14(9-11)17(20)21)16-13(6-7-18)15-3-2-8-22-15/h2-5,8-9,13,16,18H,6-7H2,1H3/t13-/m0/s1. The number of nitro benzene ring substituents is 1. The predicted molar refractivity (Wildman–Crippen MR) is 85.5 cm³/mol. The number of hydrogen-bond donors (Lipinski definition) is 2. The van der Waals surface area contributed by atoms with Crippen molar-refractivity contribution >= 4 is 28.5 Å². The van der Waals surface area contributed by atoms with Gasteiger partial charge in [0.05, 0.1) is 11.0 Å². The molecule has 1 aromatic heterocycles. The van der Waals surface area contributed by atoms with E-state index in [0.29, 0.717) is 17.7 Å². The molecular weight excluding hydrogens is 304 g/mol. The van der Waals surface area contributed by atoms with Gasteiger partial charge in [0.1, 0.15) is 5.69 Å². The summed E-state index contributed by atoms with van der Waals surface area (Å²) >= 11 is 1.51. The summed E-state index contributed by atoms with van der Waals surface area (Å²) in [6, 6.07) is 7.95. The van der Waals surface area contributed by atoms with Crippen LogP contribution in [0.4, 0.5) is 11.4 Å². The molecular formula is C15H16N2O4S. The number of nitrogens with zero attached hydrogens (tertiary/aromatic N) is 1. The van der Waals surface area contributed by atoms with Gasteiger partial charge in [-0.05, 0) is 36.9 Å². The Bertz CT molecular complexity index is 670. The van der Waals surface area contributed by atoms with Crippen LogP contribution in [-0.2, 0) is 0 Å². The second-order valence-corrected chi connectivity index (χ2v) is 5.75. The normalized spacial score (nSPS) is 11.9. The van der Waals surface area contributed by atoms with Gasteiger partial charge in [0.2, 0.25) is 0 Å². The van der Waals surface area contributed by atoms with Crippen LogP contribution < -0.4 is 5.32 Å². The number of aliphatic hydroxyl groups is 1. The van der Waals surface area contributed by atoms with Crippen molar-refractivity contribution in [3.05, 3.63) is 56.3 Å². The van der Waals surface area contributed by atoms with E-state index in [9.17, 15) is 20.0 Å². The van der Waals surface area contributed by atoms with E-state index in [2.05, 4.69) is 5.32 Å². The maximum atomic E-state index is 11.4. The molecule has 6 nitrogen and oxygen atoms in total. The largest absolute Gasteiger partial charge is 0.396 e. The Morgan fingerprint density at radius 2 is 2.23 bits per heavy atom. The van der Waals surface area contributed by atoms with Crippen molar-refractivity contribution in [2.45, 2.75) is 19.4 Å². The zero-order valence-electron chi connectivity index (χ0n) is 12.0. The molecule has 2 N–H and O–H groups in total. The first-order valence-corrected chi connectivity index (χ1v) is 7.61. The number of ketones is 1. The van der Waals surface area contributed by atoms with Crippen LogP contribution in [0.1, 0.15) is 34.6 Å². The molecule has 0 saturated heterocycles. The Labute approximate surface area is 131 Å². The summed E-state index contributed by atoms with van der Waals surface area (Å²) in [5.41, 5.74) is 0.487. The zero-order chi connectivity index (χ0) is 16.1. The van der Waals surface area contributed by atoms with Gasteiger partial charge in [-0.2, -0.15) is 0 Å². The number of anilines is 1. The van der Waals surface area contributed by atoms with Crippen molar-refractivity contribution in [3.8, 4) is 0 Å². The molecule has 0 aliphatic heterocycles. The van der Waals surface area contributed by atoms with Gasteiger partial charge in [0.15, 0.2) is 5.78 Å². The van der Waals surface area contributed by atoms with Crippen LogP contribution in [0.15, 0.2) is 35.7 Å². The molecule has 0 spiro atoms. The highest BCUT2D eigenvalue weighted by Gasteiger charge is 2.20. The summed E-state index contributed by atoms with van der Waals surface area (Å²) in [6.45, 7) is 1.33. The zero-order valence-corrected chi connectivity index (χ0v) is 12.8. The number of nitrogens with one attached hydrogen (secondary N) is 1. The first-order chi connectivity index (χ1) is 10.5. The summed E-state index contributed by atoms with van der Waals surface area (Å²) in [5, 5.41) is 25.4. The molecule has 1 heterocycles. The smallest absolute Gasteiger partial charge is 0.293 e. The van der Waals surface area contributed by atoms with E-state index in [0.717, 1.165) is 4.88 Å². The quantitative estimate of drug-likeness (QED) is 0.463. The van der Waals surface area contributed by atoms with E-state index < -0.39 is 4.92 Å². The number of hydrogen-bond acceptors (Lipinski definition) is 6. The van der Waals surface area contributed by atoms with Gasteiger partial charge >= 0.3 is 0 Å². The molecule has 1 atom stereocenters. The van der Waals surface area contributed by atoms with E-state index in [4.69, 9.17) is 0 Å². The molecule has 7 heteroatoms. The number of thiophene rings is 1. The van der Waals surface area contributed by atoms with Crippen molar-refractivity contribution in [2.75, 3.05) is 11.9 Å². The fourth-order valence-electron chi connectivity index (χ4n) is 2.12. The average molecular weight is 320 g/mol. The van der Waals surface area contributed by atoms with E-state index in [1.807, 2.05) is 17.5 Å². The Hall–Kier alpha value is -2.25. The molecule has 0 saturated carbocycles. The topological polar surface area (TPSA) is 92.5 Å². The monoisotopic (exact) mass is 320 g/mol. The van der Waals surface area contributed by atoms with Crippen LogP contribution in [0.2, 0.25) is 0 Å². The Morgan fingerprint density at radius 3 is 2.77 bits per heavy atom. The lowest BCUT2D eigenvalue weighted by molar-refractivity contribution is -0.384. The van der Waals surface area contributed by atoms with E-state index in [1.165, 1.54) is 30.4 Å². The van der Waals surface area contributed by atoms with Crippen LogP contribution in [0.3, 0.4) is 0 Å². The van der Waals surface area contributed by atoms with Crippen molar-refractivity contribution in [1.82, 2.24) is 0 Å². The van der Waals surface area contributed by atoms with E-state index in [-0.39, 0.29) is 24.1 Å². The number of benzene rings is 1. The minimum atomic E-state index is -0.515. The van der Waals surface area contributed by atoms with Crippen LogP contribution in [0, 0.1) is 10.1 Å². The van der Waals surface area contributed by atoms with Crippen LogP contribution in [0.5, 0.6) is 0 Å². The Kier molecular flexibility index (Phi) is 5.24. The first-order valence-electron chi connectivity index (χ1n) is 6.73. The predicted octanol–water partition coefficient (Wildman–Crippen LogP) is 3.39. The maximum absolute atomic E-state index is 11.4. The molecule has 0 bridgehead atoms. The third kappa shape index (κ3) is 3.69. The van der Waals surface area contributed by atoms with Crippen molar-refractivity contribution in [2.24, 2.45) is 0 Å². The number of carbonyl (C=O) groups is 1. The molecule has 1 aromatic carbocycles. The number of aliphatic hydroxyl groups excluding tert-OH is 1. The SMILES string of the molecule is CC(=O)c1ccc(N[C@@H](CCO)c2cccs2)c([N+](=O)[O-])c1. The second-order valence-electron chi connectivity index (χ2n) is 4.77. The molecule has 2 rings (SSSR count). The second kappa shape index (κ2) is 7.15. The van der Waals surface area contributed by atoms with Crippen LogP contribution in [0.25, 0.3) is 0 Å². The van der Waals surface area contributed by atoms with E-state index in [1.54, 1.807) is 6.07 Å². The highest BCUT2D eigenvalue weighted by molar-refractivity contribution is 7.10. The molecule has 0 aliphatic rings. The highest BCUT2D eigenvalue weighted by atomic mass is 32.1. The number of rotatable bonds is 7. The third-order valence-corrected chi connectivity index (χ3v) is 4.22. The number of carbonyl (C=O) groups excluding carboxylic acids is 1. The minimum Gasteiger partial charge on any atom is -0.396 e. The van der Waals surface area contributed by atoms with E-state index >= 15 is 0 Å². The van der Waals surface area contributed by atoms with Crippen molar-refractivity contribution in [3.63, 3.8) is 0 Å². The Morgan fingerprint density at radius 1 is 1.45 bits per heavy atom.